The van der Waals surface area contributed by atoms with E-state index in [2.05, 4.69) is 31.4 Å². The highest BCUT2D eigenvalue weighted by atomic mass is 79.9. The normalized spacial score (nSPS) is 10.8. The predicted molar refractivity (Wildman–Crippen MR) is 70.4 cm³/mol. The van der Waals surface area contributed by atoms with Crippen molar-refractivity contribution in [2.75, 3.05) is 5.32 Å². The van der Waals surface area contributed by atoms with Gasteiger partial charge < -0.3 is 5.32 Å². The van der Waals surface area contributed by atoms with Crippen molar-refractivity contribution in [3.8, 4) is 0 Å². The van der Waals surface area contributed by atoms with Gasteiger partial charge in [-0.25, -0.2) is 4.39 Å². The van der Waals surface area contributed by atoms with Crippen LogP contribution in [0.25, 0.3) is 6.08 Å². The maximum absolute atomic E-state index is 13.4. The first-order chi connectivity index (χ1) is 8.65. The van der Waals surface area contributed by atoms with Crippen molar-refractivity contribution in [2.24, 2.45) is 0 Å². The number of H-pyrrole nitrogens is 1. The zero-order valence-corrected chi connectivity index (χ0v) is 10.7. The molecule has 0 bridgehead atoms. The van der Waals surface area contributed by atoms with Crippen LogP contribution in [-0.2, 0) is 4.79 Å². The van der Waals surface area contributed by atoms with Crippen LogP contribution in [0.15, 0.2) is 41.0 Å². The number of rotatable bonds is 3. The summed E-state index contributed by atoms with van der Waals surface area (Å²) in [5.74, 6) is -0.262. The van der Waals surface area contributed by atoms with E-state index in [4.69, 9.17) is 0 Å². The standard InChI is InChI=1S/C12H9BrFN3O/c13-9-2-3-10(14)8(7-9)1-4-12(18)16-11-5-6-15-17-11/h1-7H,(H2,15,16,17,18)/b4-1+. The van der Waals surface area contributed by atoms with Gasteiger partial charge in [-0.3, -0.25) is 9.89 Å². The molecule has 0 saturated carbocycles. The van der Waals surface area contributed by atoms with Crippen LogP contribution >= 0.6 is 15.9 Å². The van der Waals surface area contributed by atoms with Gasteiger partial charge in [0, 0.05) is 22.2 Å². The molecular formula is C12H9BrFN3O. The molecule has 2 N–H and O–H groups in total. The van der Waals surface area contributed by atoms with E-state index in [0.29, 0.717) is 11.4 Å². The molecule has 18 heavy (non-hydrogen) atoms. The largest absolute Gasteiger partial charge is 0.307 e. The highest BCUT2D eigenvalue weighted by Crippen LogP contribution is 2.16. The third kappa shape index (κ3) is 3.27. The zero-order chi connectivity index (χ0) is 13.0. The minimum absolute atomic E-state index is 0.337. The monoisotopic (exact) mass is 309 g/mol. The van der Waals surface area contributed by atoms with Gasteiger partial charge >= 0.3 is 0 Å². The lowest BCUT2D eigenvalue weighted by molar-refractivity contribution is -0.111. The molecule has 0 fully saturated rings. The number of nitrogens with zero attached hydrogens (tertiary/aromatic N) is 1. The molecule has 1 aromatic carbocycles. The molecule has 0 aliphatic carbocycles. The van der Waals surface area contributed by atoms with Crippen molar-refractivity contribution < 1.29 is 9.18 Å². The Morgan fingerprint density at radius 3 is 3.00 bits per heavy atom. The number of halogens is 2. The Bertz CT molecular complexity index is 581. The SMILES string of the molecule is O=C(/C=C/c1cc(Br)ccc1F)Nc1ccn[nH]1. The molecule has 0 radical (unpaired) electrons. The molecule has 2 aromatic rings. The van der Waals surface area contributed by atoms with Crippen molar-refractivity contribution in [1.29, 1.82) is 0 Å². The second-order valence-electron chi connectivity index (χ2n) is 3.46. The maximum Gasteiger partial charge on any atom is 0.249 e. The number of benzene rings is 1. The molecule has 0 aliphatic heterocycles. The fraction of sp³-hybridized carbons (Fsp3) is 0. The van der Waals surface area contributed by atoms with Crippen molar-refractivity contribution in [3.63, 3.8) is 0 Å². The number of carbonyl (C=O) groups excluding carboxylic acids is 1. The number of amides is 1. The van der Waals surface area contributed by atoms with E-state index in [1.54, 1.807) is 18.2 Å². The van der Waals surface area contributed by atoms with Gasteiger partial charge in [0.25, 0.3) is 0 Å². The van der Waals surface area contributed by atoms with Crippen LogP contribution in [0.3, 0.4) is 0 Å². The number of anilines is 1. The Labute approximate surface area is 111 Å². The van der Waals surface area contributed by atoms with Crippen LogP contribution < -0.4 is 5.32 Å². The van der Waals surface area contributed by atoms with E-state index in [9.17, 15) is 9.18 Å². The highest BCUT2D eigenvalue weighted by molar-refractivity contribution is 9.10. The van der Waals surface area contributed by atoms with Gasteiger partial charge in [0.1, 0.15) is 11.6 Å². The van der Waals surface area contributed by atoms with Gasteiger partial charge in [-0.1, -0.05) is 15.9 Å². The quantitative estimate of drug-likeness (QED) is 0.856. The lowest BCUT2D eigenvalue weighted by Gasteiger charge is -1.99. The maximum atomic E-state index is 13.4. The summed E-state index contributed by atoms with van der Waals surface area (Å²) < 4.78 is 14.1. The Balaban J connectivity index is 2.06. The molecule has 4 nitrogen and oxygen atoms in total. The number of hydrogen-bond donors (Lipinski definition) is 2. The molecule has 2 rings (SSSR count). The summed E-state index contributed by atoms with van der Waals surface area (Å²) in [5.41, 5.74) is 0.337. The summed E-state index contributed by atoms with van der Waals surface area (Å²) in [6.45, 7) is 0. The van der Waals surface area contributed by atoms with Gasteiger partial charge in [0.15, 0.2) is 0 Å². The fourth-order valence-corrected chi connectivity index (χ4v) is 1.69. The summed E-state index contributed by atoms with van der Waals surface area (Å²) in [4.78, 5) is 11.5. The van der Waals surface area contributed by atoms with E-state index in [1.165, 1.54) is 24.4 Å². The molecule has 0 unspecified atom stereocenters. The molecule has 0 atom stereocenters. The minimum Gasteiger partial charge on any atom is -0.307 e. The van der Waals surface area contributed by atoms with E-state index < -0.39 is 0 Å². The van der Waals surface area contributed by atoms with Crippen LogP contribution in [0, 0.1) is 5.82 Å². The van der Waals surface area contributed by atoms with Gasteiger partial charge in [0.2, 0.25) is 5.91 Å². The van der Waals surface area contributed by atoms with E-state index >= 15 is 0 Å². The Hall–Kier alpha value is -1.95. The van der Waals surface area contributed by atoms with Gasteiger partial charge in [-0.15, -0.1) is 0 Å². The highest BCUT2D eigenvalue weighted by Gasteiger charge is 2.01. The number of hydrogen-bond acceptors (Lipinski definition) is 2. The van der Waals surface area contributed by atoms with E-state index in [1.807, 2.05) is 0 Å². The number of carbonyl (C=O) groups is 1. The van der Waals surface area contributed by atoms with E-state index in [0.717, 1.165) is 4.47 Å². The van der Waals surface area contributed by atoms with Crippen molar-refractivity contribution in [1.82, 2.24) is 10.2 Å². The molecule has 1 heterocycles. The average Bonchev–Trinajstić information content (AvgIpc) is 2.83. The molecule has 0 spiro atoms. The summed E-state index contributed by atoms with van der Waals surface area (Å²) in [6.07, 6.45) is 4.19. The first-order valence-corrected chi connectivity index (χ1v) is 5.88. The second kappa shape index (κ2) is 5.59. The average molecular weight is 310 g/mol. The van der Waals surface area contributed by atoms with Crippen LogP contribution in [0.4, 0.5) is 10.2 Å². The first-order valence-electron chi connectivity index (χ1n) is 5.08. The Kier molecular flexibility index (Phi) is 3.88. The molecule has 92 valence electrons. The molecule has 1 aromatic heterocycles. The van der Waals surface area contributed by atoms with Crippen LogP contribution in [0.5, 0.6) is 0 Å². The van der Waals surface area contributed by atoms with Crippen LogP contribution in [-0.4, -0.2) is 16.1 Å². The van der Waals surface area contributed by atoms with Gasteiger partial charge in [-0.2, -0.15) is 5.10 Å². The second-order valence-corrected chi connectivity index (χ2v) is 4.37. The Morgan fingerprint density at radius 1 is 1.44 bits per heavy atom. The van der Waals surface area contributed by atoms with Crippen molar-refractivity contribution >= 4 is 33.7 Å². The fourth-order valence-electron chi connectivity index (χ4n) is 1.31. The van der Waals surface area contributed by atoms with Crippen LogP contribution in [0.2, 0.25) is 0 Å². The number of nitrogens with one attached hydrogen (secondary N) is 2. The summed E-state index contributed by atoms with van der Waals surface area (Å²) in [6, 6.07) is 6.13. The predicted octanol–water partition coefficient (Wildman–Crippen LogP) is 2.96. The number of aromatic nitrogens is 2. The van der Waals surface area contributed by atoms with Gasteiger partial charge in [0.05, 0.1) is 6.20 Å². The smallest absolute Gasteiger partial charge is 0.249 e. The zero-order valence-electron chi connectivity index (χ0n) is 9.15. The van der Waals surface area contributed by atoms with Gasteiger partial charge in [-0.05, 0) is 24.3 Å². The minimum atomic E-state index is -0.385. The van der Waals surface area contributed by atoms with Crippen molar-refractivity contribution in [2.45, 2.75) is 0 Å². The third-order valence-electron chi connectivity index (χ3n) is 2.13. The van der Waals surface area contributed by atoms with E-state index in [-0.39, 0.29) is 11.7 Å². The summed E-state index contributed by atoms with van der Waals surface area (Å²) in [7, 11) is 0. The molecule has 0 saturated heterocycles. The number of aromatic amines is 1. The molecule has 0 aliphatic rings. The van der Waals surface area contributed by atoms with Crippen molar-refractivity contribution in [3.05, 3.63) is 52.4 Å². The third-order valence-corrected chi connectivity index (χ3v) is 2.62. The lowest BCUT2D eigenvalue weighted by atomic mass is 10.2. The first kappa shape index (κ1) is 12.5. The molecule has 6 heteroatoms. The molecule has 1 amide bonds. The lowest BCUT2D eigenvalue weighted by Crippen LogP contribution is -2.07. The topological polar surface area (TPSA) is 57.8 Å². The molecular weight excluding hydrogens is 301 g/mol. The van der Waals surface area contributed by atoms with Crippen LogP contribution in [0.1, 0.15) is 5.56 Å². The summed E-state index contributed by atoms with van der Waals surface area (Å²) in [5, 5.41) is 8.83. The summed E-state index contributed by atoms with van der Waals surface area (Å²) >= 11 is 3.24. The Morgan fingerprint density at radius 2 is 2.28 bits per heavy atom.